The van der Waals surface area contributed by atoms with Gasteiger partial charge in [0.05, 0.1) is 11.4 Å². The lowest BCUT2D eigenvalue weighted by atomic mass is 10.0. The van der Waals surface area contributed by atoms with Crippen molar-refractivity contribution in [2.24, 2.45) is 0 Å². The molecule has 0 amide bonds. The smallest absolute Gasteiger partial charge is 0.132 e. The van der Waals surface area contributed by atoms with Gasteiger partial charge in [-0.15, -0.1) is 0 Å². The topological polar surface area (TPSA) is 37.9 Å². The van der Waals surface area contributed by atoms with E-state index in [1.807, 2.05) is 31.2 Å². The molecule has 1 aliphatic carbocycles. The second-order valence-electron chi connectivity index (χ2n) is 4.58. The van der Waals surface area contributed by atoms with Gasteiger partial charge in [-0.1, -0.05) is 31.4 Å². The molecule has 0 saturated heterocycles. The lowest BCUT2D eigenvalue weighted by Gasteiger charge is -2.16. The van der Waals surface area contributed by atoms with Crippen molar-refractivity contribution in [2.45, 2.75) is 19.8 Å². The summed E-state index contributed by atoms with van der Waals surface area (Å²) in [7, 11) is 0. The van der Waals surface area contributed by atoms with Crippen LogP contribution in [0.5, 0.6) is 0 Å². The van der Waals surface area contributed by atoms with E-state index < -0.39 is 0 Å². The van der Waals surface area contributed by atoms with E-state index in [0.717, 1.165) is 41.3 Å². The molecule has 0 aromatic carbocycles. The quantitative estimate of drug-likeness (QED) is 0.601. The van der Waals surface area contributed by atoms with Crippen LogP contribution in [0.15, 0.2) is 67.2 Å². The molecule has 0 saturated carbocycles. The Labute approximate surface area is 125 Å². The summed E-state index contributed by atoms with van der Waals surface area (Å²) < 4.78 is 6.00. The number of nitrogens with zero attached hydrogens (tertiary/aromatic N) is 1. The number of rotatable bonds is 6. The van der Waals surface area contributed by atoms with Crippen LogP contribution < -0.4 is 0 Å². The third-order valence-corrected chi connectivity index (χ3v) is 3.05. The monoisotopic (exact) mass is 280 g/mol. The van der Waals surface area contributed by atoms with E-state index in [-0.39, 0.29) is 0 Å². The van der Waals surface area contributed by atoms with Crippen LogP contribution in [0.25, 0.3) is 11.6 Å². The standard InChI is InChI=1S/C18H20N2O/c1-4-9-15(10-5-2)21-18-12-8-7-11-16(18)17-13-14(6-3)19-20-17/h4-6,9-13H,1,3,7-8H2,2H3,(H,19,20)/b10-5-,15-9+. The first-order valence-electron chi connectivity index (χ1n) is 7.00. The van der Waals surface area contributed by atoms with Crippen LogP contribution in [0.2, 0.25) is 0 Å². The molecule has 0 aliphatic heterocycles. The van der Waals surface area contributed by atoms with Crippen LogP contribution in [-0.2, 0) is 4.74 Å². The van der Waals surface area contributed by atoms with Crippen molar-refractivity contribution in [3.05, 3.63) is 78.6 Å². The van der Waals surface area contributed by atoms with Crippen molar-refractivity contribution in [1.82, 2.24) is 10.2 Å². The summed E-state index contributed by atoms with van der Waals surface area (Å²) in [6, 6.07) is 1.97. The maximum absolute atomic E-state index is 6.00. The molecule has 2 rings (SSSR count). The Morgan fingerprint density at radius 3 is 2.81 bits per heavy atom. The molecule has 21 heavy (non-hydrogen) atoms. The molecule has 0 spiro atoms. The minimum absolute atomic E-state index is 0.759. The van der Waals surface area contributed by atoms with E-state index in [2.05, 4.69) is 35.5 Å². The minimum Gasteiger partial charge on any atom is -0.457 e. The Kier molecular flexibility index (Phi) is 5.16. The fourth-order valence-electron chi connectivity index (χ4n) is 2.10. The first kappa shape index (κ1) is 14.9. The predicted octanol–water partition coefficient (Wildman–Crippen LogP) is 4.78. The fourth-order valence-corrected chi connectivity index (χ4v) is 2.10. The second kappa shape index (κ2) is 7.29. The van der Waals surface area contributed by atoms with Gasteiger partial charge >= 0.3 is 0 Å². The van der Waals surface area contributed by atoms with E-state index in [0.29, 0.717) is 0 Å². The highest BCUT2D eigenvalue weighted by Gasteiger charge is 2.15. The zero-order valence-electron chi connectivity index (χ0n) is 12.3. The van der Waals surface area contributed by atoms with Gasteiger partial charge in [-0.2, -0.15) is 5.10 Å². The molecule has 108 valence electrons. The molecule has 3 nitrogen and oxygen atoms in total. The van der Waals surface area contributed by atoms with Gasteiger partial charge in [-0.3, -0.25) is 5.10 Å². The van der Waals surface area contributed by atoms with Crippen molar-refractivity contribution in [3.63, 3.8) is 0 Å². The summed E-state index contributed by atoms with van der Waals surface area (Å²) in [6.45, 7) is 9.40. The van der Waals surface area contributed by atoms with Crippen molar-refractivity contribution >= 4 is 11.6 Å². The molecule has 1 N–H and O–H groups in total. The summed E-state index contributed by atoms with van der Waals surface area (Å²) in [6.07, 6.45) is 15.4. The summed E-state index contributed by atoms with van der Waals surface area (Å²) >= 11 is 0. The molecule has 1 aromatic heterocycles. The number of hydrogen-bond acceptors (Lipinski definition) is 2. The highest BCUT2D eigenvalue weighted by atomic mass is 16.5. The van der Waals surface area contributed by atoms with E-state index >= 15 is 0 Å². The number of aromatic nitrogens is 2. The second-order valence-corrected chi connectivity index (χ2v) is 4.58. The molecule has 0 unspecified atom stereocenters. The first-order valence-corrected chi connectivity index (χ1v) is 7.00. The van der Waals surface area contributed by atoms with Gasteiger partial charge in [-0.25, -0.2) is 0 Å². The molecule has 1 heterocycles. The van der Waals surface area contributed by atoms with Gasteiger partial charge < -0.3 is 4.74 Å². The number of nitrogens with one attached hydrogen (secondary N) is 1. The van der Waals surface area contributed by atoms with E-state index in [1.54, 1.807) is 12.2 Å². The van der Waals surface area contributed by atoms with Gasteiger partial charge in [0.1, 0.15) is 11.5 Å². The summed E-state index contributed by atoms with van der Waals surface area (Å²) in [5, 5.41) is 7.21. The first-order chi connectivity index (χ1) is 10.3. The van der Waals surface area contributed by atoms with Gasteiger partial charge in [0, 0.05) is 5.57 Å². The Hall–Kier alpha value is -2.55. The number of hydrogen-bond donors (Lipinski definition) is 1. The zero-order valence-corrected chi connectivity index (χ0v) is 12.3. The Morgan fingerprint density at radius 2 is 2.14 bits per heavy atom. The zero-order chi connectivity index (χ0) is 15.1. The molecule has 0 bridgehead atoms. The van der Waals surface area contributed by atoms with Crippen LogP contribution in [0.3, 0.4) is 0 Å². The molecular weight excluding hydrogens is 260 g/mol. The molecule has 1 aliphatic rings. The normalized spacial score (nSPS) is 15.6. The fraction of sp³-hybridized carbons (Fsp3) is 0.167. The molecule has 0 atom stereocenters. The highest BCUT2D eigenvalue weighted by Crippen LogP contribution is 2.30. The summed E-state index contributed by atoms with van der Waals surface area (Å²) in [4.78, 5) is 0. The average Bonchev–Trinajstić information content (AvgIpc) is 2.97. The molecule has 1 aromatic rings. The van der Waals surface area contributed by atoms with Crippen LogP contribution in [0.4, 0.5) is 0 Å². The lowest BCUT2D eigenvalue weighted by Crippen LogP contribution is -2.00. The SMILES string of the molecule is C=C/C=C(\C=C/C)OC1=CCCC=C1c1cc(C=C)n[nH]1. The Bertz CT molecular complexity index is 642. The maximum Gasteiger partial charge on any atom is 0.132 e. The molecular formula is C18H20N2O. The van der Waals surface area contributed by atoms with Crippen molar-refractivity contribution < 1.29 is 4.74 Å². The largest absolute Gasteiger partial charge is 0.457 e. The maximum atomic E-state index is 6.00. The van der Waals surface area contributed by atoms with Crippen molar-refractivity contribution in [3.8, 4) is 0 Å². The number of aromatic amines is 1. The molecule has 0 radical (unpaired) electrons. The van der Waals surface area contributed by atoms with Crippen molar-refractivity contribution in [1.29, 1.82) is 0 Å². The highest BCUT2D eigenvalue weighted by molar-refractivity contribution is 5.77. The van der Waals surface area contributed by atoms with Crippen LogP contribution in [0, 0.1) is 0 Å². The van der Waals surface area contributed by atoms with Crippen molar-refractivity contribution in [2.75, 3.05) is 0 Å². The van der Waals surface area contributed by atoms with Gasteiger partial charge in [0.25, 0.3) is 0 Å². The third kappa shape index (κ3) is 3.72. The van der Waals surface area contributed by atoms with Crippen LogP contribution in [-0.4, -0.2) is 10.2 Å². The Morgan fingerprint density at radius 1 is 1.33 bits per heavy atom. The lowest BCUT2D eigenvalue weighted by molar-refractivity contribution is 0.337. The third-order valence-electron chi connectivity index (χ3n) is 3.05. The number of allylic oxidation sites excluding steroid dienone is 7. The van der Waals surface area contributed by atoms with Gasteiger partial charge in [0.15, 0.2) is 0 Å². The average molecular weight is 280 g/mol. The summed E-state index contributed by atoms with van der Waals surface area (Å²) in [5.74, 6) is 1.60. The van der Waals surface area contributed by atoms with E-state index in [9.17, 15) is 0 Å². The predicted molar refractivity (Wildman–Crippen MR) is 88.2 cm³/mol. The van der Waals surface area contributed by atoms with E-state index in [4.69, 9.17) is 4.74 Å². The minimum atomic E-state index is 0.759. The van der Waals surface area contributed by atoms with Crippen LogP contribution >= 0.6 is 0 Å². The van der Waals surface area contributed by atoms with Gasteiger partial charge in [0.2, 0.25) is 0 Å². The molecule has 3 heteroatoms. The van der Waals surface area contributed by atoms with Crippen LogP contribution in [0.1, 0.15) is 31.2 Å². The van der Waals surface area contributed by atoms with E-state index in [1.165, 1.54) is 0 Å². The molecule has 0 fully saturated rings. The van der Waals surface area contributed by atoms with Gasteiger partial charge in [-0.05, 0) is 50.1 Å². The Balaban J connectivity index is 2.26. The number of H-pyrrole nitrogens is 1. The number of ether oxygens (including phenoxy) is 1. The summed E-state index contributed by atoms with van der Waals surface area (Å²) in [5.41, 5.74) is 2.79.